The largest absolute Gasteiger partial charge is 0.354 e. The first-order valence-electron chi connectivity index (χ1n) is 9.01. The monoisotopic (exact) mass is 402 g/mol. The molecule has 2 N–H and O–H groups in total. The number of benzene rings is 2. The number of carbonyl (C=O) groups excluding carboxylic acids is 2. The Labute approximate surface area is 169 Å². The molecule has 2 rings (SSSR count). The number of rotatable bonds is 11. The molecule has 0 fully saturated rings. The molecule has 1 unspecified atom stereocenters. The third-order valence-electron chi connectivity index (χ3n) is 3.90. The highest BCUT2D eigenvalue weighted by atomic mass is 32.2. The first-order chi connectivity index (χ1) is 13.2. The van der Waals surface area contributed by atoms with Gasteiger partial charge in [-0.25, -0.2) is 0 Å². The van der Waals surface area contributed by atoms with E-state index in [0.717, 1.165) is 17.9 Å². The van der Waals surface area contributed by atoms with Crippen LogP contribution in [0.4, 0.5) is 0 Å². The molecule has 0 aliphatic heterocycles. The fraction of sp³-hybridized carbons (Fsp3) is 0.333. The van der Waals surface area contributed by atoms with Gasteiger partial charge in [0.05, 0.1) is 0 Å². The molecule has 6 heteroatoms. The SMILES string of the molecule is CSCCC(NC(=O)c1ccccc1)C(=O)NCCCSc1ccccc1. The molecule has 0 aliphatic rings. The molecule has 2 amide bonds. The van der Waals surface area contributed by atoms with Crippen LogP contribution in [0.3, 0.4) is 0 Å². The zero-order chi connectivity index (χ0) is 19.3. The Balaban J connectivity index is 1.76. The fourth-order valence-electron chi connectivity index (χ4n) is 2.45. The lowest BCUT2D eigenvalue weighted by Gasteiger charge is -2.18. The Morgan fingerprint density at radius 3 is 2.30 bits per heavy atom. The van der Waals surface area contributed by atoms with Crippen molar-refractivity contribution in [3.63, 3.8) is 0 Å². The van der Waals surface area contributed by atoms with Gasteiger partial charge < -0.3 is 10.6 Å². The normalized spacial score (nSPS) is 11.6. The van der Waals surface area contributed by atoms with Crippen LogP contribution in [-0.2, 0) is 4.79 Å². The zero-order valence-electron chi connectivity index (χ0n) is 15.5. The van der Waals surface area contributed by atoms with Crippen LogP contribution in [0.1, 0.15) is 23.2 Å². The van der Waals surface area contributed by atoms with Crippen molar-refractivity contribution in [1.82, 2.24) is 10.6 Å². The van der Waals surface area contributed by atoms with Crippen molar-refractivity contribution in [2.75, 3.05) is 24.3 Å². The maximum atomic E-state index is 12.5. The van der Waals surface area contributed by atoms with Gasteiger partial charge in [-0.1, -0.05) is 36.4 Å². The summed E-state index contributed by atoms with van der Waals surface area (Å²) in [6.45, 7) is 0.607. The molecule has 27 heavy (non-hydrogen) atoms. The number of amides is 2. The highest BCUT2D eigenvalue weighted by molar-refractivity contribution is 7.99. The summed E-state index contributed by atoms with van der Waals surface area (Å²) in [4.78, 5) is 26.1. The van der Waals surface area contributed by atoms with Gasteiger partial charge in [-0.05, 0) is 54.9 Å². The molecule has 0 aliphatic carbocycles. The number of hydrogen-bond donors (Lipinski definition) is 2. The second kappa shape index (κ2) is 12.5. The van der Waals surface area contributed by atoms with Gasteiger partial charge in [0.1, 0.15) is 6.04 Å². The molecule has 0 heterocycles. The van der Waals surface area contributed by atoms with Crippen molar-refractivity contribution in [3.05, 3.63) is 66.2 Å². The third-order valence-corrected chi connectivity index (χ3v) is 5.64. The van der Waals surface area contributed by atoms with Crippen LogP contribution in [0.2, 0.25) is 0 Å². The summed E-state index contributed by atoms with van der Waals surface area (Å²) in [6, 6.07) is 18.7. The molecule has 4 nitrogen and oxygen atoms in total. The lowest BCUT2D eigenvalue weighted by Crippen LogP contribution is -2.47. The molecule has 0 saturated carbocycles. The molecule has 0 bridgehead atoms. The molecule has 1 atom stereocenters. The average Bonchev–Trinajstić information content (AvgIpc) is 2.72. The minimum Gasteiger partial charge on any atom is -0.354 e. The Bertz CT molecular complexity index is 696. The lowest BCUT2D eigenvalue weighted by atomic mass is 10.1. The van der Waals surface area contributed by atoms with E-state index in [0.29, 0.717) is 18.5 Å². The molecule has 0 spiro atoms. The summed E-state index contributed by atoms with van der Waals surface area (Å²) in [7, 11) is 0. The van der Waals surface area contributed by atoms with Crippen molar-refractivity contribution in [1.29, 1.82) is 0 Å². The first-order valence-corrected chi connectivity index (χ1v) is 11.4. The predicted molar refractivity (Wildman–Crippen MR) is 115 cm³/mol. The van der Waals surface area contributed by atoms with Crippen LogP contribution in [0, 0.1) is 0 Å². The van der Waals surface area contributed by atoms with Gasteiger partial charge >= 0.3 is 0 Å². The van der Waals surface area contributed by atoms with E-state index in [1.165, 1.54) is 4.90 Å². The Kier molecular flexibility index (Phi) is 9.87. The van der Waals surface area contributed by atoms with Crippen molar-refractivity contribution < 1.29 is 9.59 Å². The highest BCUT2D eigenvalue weighted by Gasteiger charge is 2.20. The Morgan fingerprint density at radius 1 is 0.963 bits per heavy atom. The number of nitrogens with one attached hydrogen (secondary N) is 2. The van der Waals surface area contributed by atoms with Crippen molar-refractivity contribution in [2.45, 2.75) is 23.8 Å². The van der Waals surface area contributed by atoms with Gasteiger partial charge in [-0.3, -0.25) is 9.59 Å². The molecular formula is C21H26N2O2S2. The summed E-state index contributed by atoms with van der Waals surface area (Å²) < 4.78 is 0. The van der Waals surface area contributed by atoms with E-state index in [9.17, 15) is 9.59 Å². The number of thioether (sulfide) groups is 2. The summed E-state index contributed by atoms with van der Waals surface area (Å²) in [6.07, 6.45) is 3.49. The summed E-state index contributed by atoms with van der Waals surface area (Å²) >= 11 is 3.44. The highest BCUT2D eigenvalue weighted by Crippen LogP contribution is 2.17. The Morgan fingerprint density at radius 2 is 1.63 bits per heavy atom. The van der Waals surface area contributed by atoms with E-state index >= 15 is 0 Å². The maximum absolute atomic E-state index is 12.5. The van der Waals surface area contributed by atoms with Crippen LogP contribution in [0.15, 0.2) is 65.6 Å². The summed E-state index contributed by atoms with van der Waals surface area (Å²) in [5, 5.41) is 5.82. The molecule has 0 aromatic heterocycles. The third kappa shape index (κ3) is 8.10. The van der Waals surface area contributed by atoms with E-state index in [1.807, 2.05) is 42.7 Å². The topological polar surface area (TPSA) is 58.2 Å². The number of hydrogen-bond acceptors (Lipinski definition) is 4. The van der Waals surface area contributed by atoms with Gasteiger partial charge in [-0.2, -0.15) is 11.8 Å². The summed E-state index contributed by atoms with van der Waals surface area (Å²) in [5.41, 5.74) is 0.568. The quantitative estimate of drug-likeness (QED) is 0.443. The van der Waals surface area contributed by atoms with E-state index in [-0.39, 0.29) is 11.8 Å². The van der Waals surface area contributed by atoms with Crippen molar-refractivity contribution >= 4 is 35.3 Å². The first kappa shape index (κ1) is 21.4. The van der Waals surface area contributed by atoms with E-state index in [1.54, 1.807) is 35.7 Å². The van der Waals surface area contributed by atoms with Crippen molar-refractivity contribution in [2.24, 2.45) is 0 Å². The van der Waals surface area contributed by atoms with Crippen molar-refractivity contribution in [3.8, 4) is 0 Å². The molecule has 0 radical (unpaired) electrons. The fourth-order valence-corrected chi connectivity index (χ4v) is 3.79. The van der Waals surface area contributed by atoms with Gasteiger partial charge in [0.25, 0.3) is 5.91 Å². The predicted octanol–water partition coefficient (Wildman–Crippen LogP) is 3.84. The van der Waals surface area contributed by atoms with Gasteiger partial charge in [0.2, 0.25) is 5.91 Å². The van der Waals surface area contributed by atoms with Crippen LogP contribution in [0.25, 0.3) is 0 Å². The van der Waals surface area contributed by atoms with Crippen LogP contribution in [-0.4, -0.2) is 42.2 Å². The Hall–Kier alpha value is -1.92. The molecule has 2 aromatic carbocycles. The van der Waals surface area contributed by atoms with E-state index in [2.05, 4.69) is 22.8 Å². The zero-order valence-corrected chi connectivity index (χ0v) is 17.2. The summed E-state index contributed by atoms with van der Waals surface area (Å²) in [5.74, 6) is 1.43. The van der Waals surface area contributed by atoms with Gasteiger partial charge in [0, 0.05) is 17.0 Å². The van der Waals surface area contributed by atoms with Crippen LogP contribution < -0.4 is 10.6 Å². The smallest absolute Gasteiger partial charge is 0.251 e. The van der Waals surface area contributed by atoms with Gasteiger partial charge in [-0.15, -0.1) is 11.8 Å². The minimum atomic E-state index is -0.507. The van der Waals surface area contributed by atoms with E-state index in [4.69, 9.17) is 0 Å². The lowest BCUT2D eigenvalue weighted by molar-refractivity contribution is -0.123. The standard InChI is InChI=1S/C21H26N2O2S2/c1-26-16-13-19(23-20(24)17-9-4-2-5-10-17)21(25)22-14-8-15-27-18-11-6-3-7-12-18/h2-7,9-12,19H,8,13-16H2,1H3,(H,22,25)(H,23,24). The minimum absolute atomic E-state index is 0.113. The van der Waals surface area contributed by atoms with Crippen LogP contribution >= 0.6 is 23.5 Å². The second-order valence-corrected chi connectivity index (χ2v) is 8.13. The maximum Gasteiger partial charge on any atom is 0.251 e. The average molecular weight is 403 g/mol. The van der Waals surface area contributed by atoms with E-state index < -0.39 is 6.04 Å². The van der Waals surface area contributed by atoms with Crippen LogP contribution in [0.5, 0.6) is 0 Å². The van der Waals surface area contributed by atoms with Gasteiger partial charge in [0.15, 0.2) is 0 Å². The molecule has 0 saturated heterocycles. The molecular weight excluding hydrogens is 376 g/mol. The number of carbonyl (C=O) groups is 2. The molecule has 144 valence electrons. The second-order valence-electron chi connectivity index (χ2n) is 5.98. The molecule has 2 aromatic rings.